The van der Waals surface area contributed by atoms with E-state index in [0.717, 1.165) is 19.4 Å². The van der Waals surface area contributed by atoms with E-state index in [-0.39, 0.29) is 5.56 Å². The summed E-state index contributed by atoms with van der Waals surface area (Å²) >= 11 is 0. The molecule has 3 aromatic rings. The first kappa shape index (κ1) is 17.4. The molecule has 0 unspecified atom stereocenters. The van der Waals surface area contributed by atoms with Gasteiger partial charge in [-0.25, -0.2) is 9.78 Å². The van der Waals surface area contributed by atoms with E-state index in [1.54, 1.807) is 36.5 Å². The van der Waals surface area contributed by atoms with Crippen molar-refractivity contribution >= 4 is 23.4 Å². The maximum atomic E-state index is 11.0. The van der Waals surface area contributed by atoms with E-state index in [0.29, 0.717) is 17.5 Å². The van der Waals surface area contributed by atoms with Gasteiger partial charge in [0.2, 0.25) is 5.95 Å². The monoisotopic (exact) mass is 348 g/mol. The molecule has 0 saturated carbocycles. The first-order valence-electron chi connectivity index (χ1n) is 8.42. The van der Waals surface area contributed by atoms with Gasteiger partial charge in [-0.15, -0.1) is 0 Å². The third kappa shape index (κ3) is 5.04. The van der Waals surface area contributed by atoms with E-state index in [2.05, 4.69) is 32.7 Å². The van der Waals surface area contributed by atoms with Crippen LogP contribution in [0.25, 0.3) is 0 Å². The fourth-order valence-corrected chi connectivity index (χ4v) is 2.53. The number of nitrogens with one attached hydrogen (secondary N) is 2. The van der Waals surface area contributed by atoms with Crippen molar-refractivity contribution in [3.05, 3.63) is 78.0 Å². The summed E-state index contributed by atoms with van der Waals surface area (Å²) in [7, 11) is 0. The minimum absolute atomic E-state index is 0.225. The summed E-state index contributed by atoms with van der Waals surface area (Å²) in [6.07, 6.45) is 3.63. The lowest BCUT2D eigenvalue weighted by atomic mass is 10.1. The minimum Gasteiger partial charge on any atom is -0.478 e. The highest BCUT2D eigenvalue weighted by Gasteiger charge is 2.04. The Bertz CT molecular complexity index is 868. The molecule has 0 aliphatic rings. The Hall–Kier alpha value is -3.41. The molecule has 0 spiro atoms. The topological polar surface area (TPSA) is 87.1 Å². The SMILES string of the molecule is O=C(O)c1cccc(Nc2ccnc(NCCCc3ccccc3)n2)c1. The molecule has 0 aliphatic carbocycles. The van der Waals surface area contributed by atoms with Gasteiger partial charge >= 0.3 is 5.97 Å². The number of carboxylic acid groups (broad SMARTS) is 1. The number of anilines is 3. The van der Waals surface area contributed by atoms with Crippen LogP contribution in [0.2, 0.25) is 0 Å². The van der Waals surface area contributed by atoms with E-state index < -0.39 is 5.97 Å². The van der Waals surface area contributed by atoms with Crippen LogP contribution in [0, 0.1) is 0 Å². The van der Waals surface area contributed by atoms with E-state index >= 15 is 0 Å². The Morgan fingerprint density at radius 2 is 1.88 bits per heavy atom. The van der Waals surface area contributed by atoms with Gasteiger partial charge in [0, 0.05) is 18.4 Å². The molecule has 2 aromatic carbocycles. The van der Waals surface area contributed by atoms with Crippen molar-refractivity contribution in [2.75, 3.05) is 17.2 Å². The van der Waals surface area contributed by atoms with Crippen LogP contribution >= 0.6 is 0 Å². The summed E-state index contributed by atoms with van der Waals surface area (Å²) in [5.41, 5.74) is 2.20. The first-order valence-corrected chi connectivity index (χ1v) is 8.42. The average molecular weight is 348 g/mol. The van der Waals surface area contributed by atoms with Crippen molar-refractivity contribution in [1.29, 1.82) is 0 Å². The zero-order valence-electron chi connectivity index (χ0n) is 14.2. The van der Waals surface area contributed by atoms with Crippen molar-refractivity contribution in [2.45, 2.75) is 12.8 Å². The van der Waals surface area contributed by atoms with Crippen molar-refractivity contribution in [2.24, 2.45) is 0 Å². The highest BCUT2D eigenvalue weighted by atomic mass is 16.4. The van der Waals surface area contributed by atoms with Crippen LogP contribution in [0.5, 0.6) is 0 Å². The van der Waals surface area contributed by atoms with Gasteiger partial charge in [-0.1, -0.05) is 36.4 Å². The molecule has 0 radical (unpaired) electrons. The molecule has 0 fully saturated rings. The second-order valence-electron chi connectivity index (χ2n) is 5.79. The van der Waals surface area contributed by atoms with Gasteiger partial charge in [-0.3, -0.25) is 0 Å². The number of hydrogen-bond acceptors (Lipinski definition) is 5. The van der Waals surface area contributed by atoms with E-state index in [9.17, 15) is 4.79 Å². The van der Waals surface area contributed by atoms with Crippen LogP contribution in [0.15, 0.2) is 66.9 Å². The molecule has 0 amide bonds. The quantitative estimate of drug-likeness (QED) is 0.534. The summed E-state index contributed by atoms with van der Waals surface area (Å²) in [4.78, 5) is 19.7. The van der Waals surface area contributed by atoms with Gasteiger partial charge in [0.05, 0.1) is 5.56 Å². The van der Waals surface area contributed by atoms with E-state index in [1.165, 1.54) is 5.56 Å². The number of carbonyl (C=O) groups is 1. The van der Waals surface area contributed by atoms with Crippen LogP contribution in [0.4, 0.5) is 17.5 Å². The van der Waals surface area contributed by atoms with Crippen LogP contribution in [-0.2, 0) is 6.42 Å². The molecule has 132 valence electrons. The average Bonchev–Trinajstić information content (AvgIpc) is 2.67. The van der Waals surface area contributed by atoms with Crippen molar-refractivity contribution in [1.82, 2.24) is 9.97 Å². The van der Waals surface area contributed by atoms with Crippen LogP contribution in [0.1, 0.15) is 22.3 Å². The minimum atomic E-state index is -0.961. The van der Waals surface area contributed by atoms with Gasteiger partial charge in [-0.2, -0.15) is 4.98 Å². The highest BCUT2D eigenvalue weighted by molar-refractivity contribution is 5.89. The number of aromatic nitrogens is 2. The maximum Gasteiger partial charge on any atom is 0.335 e. The molecule has 0 atom stereocenters. The maximum absolute atomic E-state index is 11.0. The lowest BCUT2D eigenvalue weighted by Crippen LogP contribution is -2.07. The number of hydrogen-bond donors (Lipinski definition) is 3. The molecule has 1 heterocycles. The molecule has 1 aromatic heterocycles. The predicted octanol–water partition coefficient (Wildman–Crippen LogP) is 3.96. The predicted molar refractivity (Wildman–Crippen MR) is 102 cm³/mol. The van der Waals surface area contributed by atoms with Crippen molar-refractivity contribution in [3.8, 4) is 0 Å². The van der Waals surface area contributed by atoms with Crippen LogP contribution in [0.3, 0.4) is 0 Å². The Balaban J connectivity index is 1.54. The normalized spacial score (nSPS) is 10.3. The fourth-order valence-electron chi connectivity index (χ4n) is 2.53. The lowest BCUT2D eigenvalue weighted by molar-refractivity contribution is 0.0697. The molecule has 0 aliphatic heterocycles. The number of carboxylic acids is 1. The Morgan fingerprint density at radius 3 is 2.69 bits per heavy atom. The van der Waals surface area contributed by atoms with Crippen LogP contribution in [-0.4, -0.2) is 27.6 Å². The zero-order valence-corrected chi connectivity index (χ0v) is 14.2. The molecule has 6 heteroatoms. The van der Waals surface area contributed by atoms with Crippen LogP contribution < -0.4 is 10.6 Å². The number of benzene rings is 2. The standard InChI is InChI=1S/C20H20N4O2/c25-19(26)16-9-4-10-17(14-16)23-18-11-13-22-20(24-18)21-12-5-8-15-6-2-1-3-7-15/h1-4,6-7,9-11,13-14H,5,8,12H2,(H,25,26)(H2,21,22,23,24). The molecule has 3 N–H and O–H groups in total. The third-order valence-corrected chi connectivity index (χ3v) is 3.81. The third-order valence-electron chi connectivity index (χ3n) is 3.81. The Kier molecular flexibility index (Phi) is 5.77. The Morgan fingerprint density at radius 1 is 1.04 bits per heavy atom. The second-order valence-corrected chi connectivity index (χ2v) is 5.79. The molecule has 26 heavy (non-hydrogen) atoms. The van der Waals surface area contributed by atoms with Crippen molar-refractivity contribution in [3.63, 3.8) is 0 Å². The van der Waals surface area contributed by atoms with Gasteiger partial charge in [0.15, 0.2) is 0 Å². The van der Waals surface area contributed by atoms with E-state index in [4.69, 9.17) is 5.11 Å². The van der Waals surface area contributed by atoms with Gasteiger partial charge in [0.1, 0.15) is 5.82 Å². The number of aromatic carboxylic acids is 1. The molecule has 3 rings (SSSR count). The molecule has 6 nitrogen and oxygen atoms in total. The highest BCUT2D eigenvalue weighted by Crippen LogP contribution is 2.17. The number of rotatable bonds is 8. The smallest absolute Gasteiger partial charge is 0.335 e. The van der Waals surface area contributed by atoms with E-state index in [1.807, 2.05) is 18.2 Å². The first-order chi connectivity index (χ1) is 12.7. The molecular weight excluding hydrogens is 328 g/mol. The number of aryl methyl sites for hydroxylation is 1. The summed E-state index contributed by atoms with van der Waals surface area (Å²) in [6, 6.07) is 18.7. The fraction of sp³-hybridized carbons (Fsp3) is 0.150. The van der Waals surface area contributed by atoms with Gasteiger partial charge in [-0.05, 0) is 42.7 Å². The lowest BCUT2D eigenvalue weighted by Gasteiger charge is -2.09. The second kappa shape index (κ2) is 8.62. The van der Waals surface area contributed by atoms with Gasteiger partial charge in [0.25, 0.3) is 0 Å². The van der Waals surface area contributed by atoms with Crippen molar-refractivity contribution < 1.29 is 9.90 Å². The molecule has 0 saturated heterocycles. The Labute approximate surface area is 152 Å². The summed E-state index contributed by atoms with van der Waals surface area (Å²) in [6.45, 7) is 0.771. The van der Waals surface area contributed by atoms with Gasteiger partial charge < -0.3 is 15.7 Å². The summed E-state index contributed by atoms with van der Waals surface area (Å²) in [5.74, 6) is 0.183. The zero-order chi connectivity index (χ0) is 18.2. The summed E-state index contributed by atoms with van der Waals surface area (Å²) in [5, 5.41) is 15.4. The number of nitrogens with zero attached hydrogens (tertiary/aromatic N) is 2. The molecule has 0 bridgehead atoms. The molecular formula is C20H20N4O2. The largest absolute Gasteiger partial charge is 0.478 e. The summed E-state index contributed by atoms with van der Waals surface area (Å²) < 4.78 is 0.